The van der Waals surface area contributed by atoms with E-state index in [1.807, 2.05) is 11.8 Å². The smallest absolute Gasteiger partial charge is 0.269 e. The zero-order valence-electron chi connectivity index (χ0n) is 16.0. The van der Waals surface area contributed by atoms with Crippen LogP contribution in [0.15, 0.2) is 24.3 Å². The summed E-state index contributed by atoms with van der Waals surface area (Å²) >= 11 is 0. The molecular weight excluding hydrogens is 384 g/mol. The van der Waals surface area contributed by atoms with Crippen LogP contribution in [-0.4, -0.2) is 58.3 Å². The topological polar surface area (TPSA) is 110 Å². The zero-order chi connectivity index (χ0) is 19.6. The molecule has 1 saturated carbocycles. The molecule has 1 saturated heterocycles. The highest BCUT2D eigenvalue weighted by Gasteiger charge is 2.40. The van der Waals surface area contributed by atoms with E-state index in [1.165, 1.54) is 24.3 Å². The van der Waals surface area contributed by atoms with Crippen molar-refractivity contribution in [2.45, 2.75) is 38.1 Å². The van der Waals surface area contributed by atoms with E-state index in [1.54, 1.807) is 4.90 Å². The molecule has 2 N–H and O–H groups in total. The van der Waals surface area contributed by atoms with E-state index < -0.39 is 10.5 Å². The van der Waals surface area contributed by atoms with Crippen LogP contribution in [0.5, 0.6) is 0 Å². The Morgan fingerprint density at radius 3 is 2.21 bits per heavy atom. The molecular formula is C19H27ClN4O4. The fourth-order valence-electron chi connectivity index (χ4n) is 4.02. The number of nitro groups is 1. The second-order valence-corrected chi connectivity index (χ2v) is 7.73. The van der Waals surface area contributed by atoms with Crippen LogP contribution in [0.3, 0.4) is 0 Å². The monoisotopic (exact) mass is 410 g/mol. The van der Waals surface area contributed by atoms with Crippen LogP contribution in [0.2, 0.25) is 0 Å². The standard InChI is InChI=1S/C19H26N4O4.ClH/c1-19(20)9-3-2-4-16(19)18(25)22-12-10-21(11-13-22)17(24)14-5-7-15(8-6-14)23(26)27;/h5-8,16H,2-4,9-13,20H2,1H3;1H. The first-order valence-corrected chi connectivity index (χ1v) is 9.41. The van der Waals surface area contributed by atoms with Crippen LogP contribution in [0.25, 0.3) is 0 Å². The average molecular weight is 411 g/mol. The molecule has 2 atom stereocenters. The molecule has 1 aliphatic heterocycles. The Balaban J connectivity index is 0.00000280. The molecule has 1 heterocycles. The van der Waals surface area contributed by atoms with Gasteiger partial charge in [-0.25, -0.2) is 0 Å². The molecule has 9 heteroatoms. The molecule has 2 amide bonds. The van der Waals surface area contributed by atoms with E-state index in [4.69, 9.17) is 5.73 Å². The summed E-state index contributed by atoms with van der Waals surface area (Å²) in [6, 6.07) is 5.61. The maximum atomic E-state index is 12.9. The highest BCUT2D eigenvalue weighted by molar-refractivity contribution is 5.94. The van der Waals surface area contributed by atoms with Gasteiger partial charge in [0, 0.05) is 49.4 Å². The predicted molar refractivity (Wildman–Crippen MR) is 107 cm³/mol. The van der Waals surface area contributed by atoms with E-state index in [-0.39, 0.29) is 35.8 Å². The minimum atomic E-state index is -0.491. The van der Waals surface area contributed by atoms with Crippen molar-refractivity contribution < 1.29 is 14.5 Å². The Labute approximate surface area is 170 Å². The van der Waals surface area contributed by atoms with Gasteiger partial charge in [0.1, 0.15) is 0 Å². The Hall–Kier alpha value is -2.19. The lowest BCUT2D eigenvalue weighted by Gasteiger charge is -2.42. The SMILES string of the molecule is CC1(N)CCCCC1C(=O)N1CCN(C(=O)c2ccc([N+](=O)[O-])cc2)CC1.Cl. The van der Waals surface area contributed by atoms with E-state index in [0.717, 1.165) is 25.7 Å². The highest BCUT2D eigenvalue weighted by atomic mass is 35.5. The van der Waals surface area contributed by atoms with E-state index >= 15 is 0 Å². The molecule has 0 bridgehead atoms. The number of non-ortho nitro benzene ring substituents is 1. The van der Waals surface area contributed by atoms with Crippen molar-refractivity contribution in [3.63, 3.8) is 0 Å². The highest BCUT2D eigenvalue weighted by Crippen LogP contribution is 2.33. The summed E-state index contributed by atoms with van der Waals surface area (Å²) < 4.78 is 0. The number of benzene rings is 1. The summed E-state index contributed by atoms with van der Waals surface area (Å²) in [7, 11) is 0. The van der Waals surface area contributed by atoms with Gasteiger partial charge in [0.2, 0.25) is 5.91 Å². The van der Waals surface area contributed by atoms with Crippen molar-refractivity contribution in [2.75, 3.05) is 26.2 Å². The van der Waals surface area contributed by atoms with Crippen LogP contribution in [-0.2, 0) is 4.79 Å². The first-order chi connectivity index (χ1) is 12.8. The summed E-state index contributed by atoms with van der Waals surface area (Å²) in [5.41, 5.74) is 6.27. The van der Waals surface area contributed by atoms with E-state index in [0.29, 0.717) is 31.7 Å². The number of halogens is 1. The Morgan fingerprint density at radius 1 is 1.11 bits per heavy atom. The van der Waals surface area contributed by atoms with Gasteiger partial charge >= 0.3 is 0 Å². The van der Waals surface area contributed by atoms with E-state index in [9.17, 15) is 19.7 Å². The lowest BCUT2D eigenvalue weighted by molar-refractivity contribution is -0.384. The molecule has 0 radical (unpaired) electrons. The predicted octanol–water partition coefficient (Wildman–Crippen LogP) is 2.21. The van der Waals surface area contributed by atoms with Crippen LogP contribution >= 0.6 is 12.4 Å². The van der Waals surface area contributed by atoms with Crippen molar-refractivity contribution in [3.05, 3.63) is 39.9 Å². The summed E-state index contributed by atoms with van der Waals surface area (Å²) in [5.74, 6) is -0.219. The molecule has 8 nitrogen and oxygen atoms in total. The first-order valence-electron chi connectivity index (χ1n) is 9.41. The Bertz CT molecular complexity index is 730. The molecule has 3 rings (SSSR count). The number of nitrogens with zero attached hydrogens (tertiary/aromatic N) is 3. The van der Waals surface area contributed by atoms with Gasteiger partial charge in [0.05, 0.1) is 10.8 Å². The fourth-order valence-corrected chi connectivity index (χ4v) is 4.02. The maximum Gasteiger partial charge on any atom is 0.269 e. The van der Waals surface area contributed by atoms with Gasteiger partial charge in [0.15, 0.2) is 0 Å². The maximum absolute atomic E-state index is 12.9. The molecule has 154 valence electrons. The number of piperazine rings is 1. The van der Waals surface area contributed by atoms with Gasteiger partial charge in [-0.05, 0) is 31.9 Å². The number of amides is 2. The second-order valence-electron chi connectivity index (χ2n) is 7.73. The summed E-state index contributed by atoms with van der Waals surface area (Å²) in [6.07, 6.45) is 3.78. The van der Waals surface area contributed by atoms with Crippen molar-refractivity contribution in [1.82, 2.24) is 9.80 Å². The van der Waals surface area contributed by atoms with Gasteiger partial charge in [-0.2, -0.15) is 0 Å². The fraction of sp³-hybridized carbons (Fsp3) is 0.579. The largest absolute Gasteiger partial charge is 0.339 e. The van der Waals surface area contributed by atoms with Crippen molar-refractivity contribution in [1.29, 1.82) is 0 Å². The molecule has 1 aliphatic carbocycles. The molecule has 0 spiro atoms. The number of hydrogen-bond acceptors (Lipinski definition) is 5. The summed E-state index contributed by atoms with van der Waals surface area (Å²) in [5, 5.41) is 10.7. The van der Waals surface area contributed by atoms with Gasteiger partial charge < -0.3 is 15.5 Å². The molecule has 1 aromatic carbocycles. The number of hydrogen-bond donors (Lipinski definition) is 1. The van der Waals surface area contributed by atoms with Crippen LogP contribution < -0.4 is 5.73 Å². The van der Waals surface area contributed by atoms with Gasteiger partial charge in [-0.3, -0.25) is 19.7 Å². The lowest BCUT2D eigenvalue weighted by Crippen LogP contribution is -2.57. The molecule has 2 unspecified atom stereocenters. The Kier molecular flexibility index (Phi) is 7.01. The number of rotatable bonds is 3. The summed E-state index contributed by atoms with van der Waals surface area (Å²) in [4.78, 5) is 39.2. The lowest BCUT2D eigenvalue weighted by atomic mass is 9.74. The number of carbonyl (C=O) groups excluding carboxylic acids is 2. The minimum absolute atomic E-state index is 0. The third-order valence-corrected chi connectivity index (χ3v) is 5.76. The van der Waals surface area contributed by atoms with Gasteiger partial charge in [-0.15, -0.1) is 12.4 Å². The Morgan fingerprint density at radius 2 is 1.68 bits per heavy atom. The molecule has 2 fully saturated rings. The zero-order valence-corrected chi connectivity index (χ0v) is 16.8. The molecule has 2 aliphatic rings. The molecule has 28 heavy (non-hydrogen) atoms. The van der Waals surface area contributed by atoms with Gasteiger partial charge in [-0.1, -0.05) is 12.8 Å². The molecule has 0 aromatic heterocycles. The van der Waals surface area contributed by atoms with Crippen molar-refractivity contribution in [2.24, 2.45) is 11.7 Å². The quantitative estimate of drug-likeness (QED) is 0.606. The van der Waals surface area contributed by atoms with E-state index in [2.05, 4.69) is 0 Å². The number of nitrogens with two attached hydrogens (primary N) is 1. The van der Waals surface area contributed by atoms with Gasteiger partial charge in [0.25, 0.3) is 11.6 Å². The summed E-state index contributed by atoms with van der Waals surface area (Å²) in [6.45, 7) is 3.85. The number of carbonyl (C=O) groups is 2. The second kappa shape index (κ2) is 8.87. The first kappa shape index (κ1) is 22.1. The van der Waals surface area contributed by atoms with Crippen molar-refractivity contribution >= 4 is 29.9 Å². The van der Waals surface area contributed by atoms with Crippen LogP contribution in [0.4, 0.5) is 5.69 Å². The minimum Gasteiger partial charge on any atom is -0.339 e. The average Bonchev–Trinajstić information content (AvgIpc) is 2.67. The van der Waals surface area contributed by atoms with Crippen molar-refractivity contribution in [3.8, 4) is 0 Å². The molecule has 1 aromatic rings. The van der Waals surface area contributed by atoms with Crippen LogP contribution in [0, 0.1) is 16.0 Å². The third-order valence-electron chi connectivity index (χ3n) is 5.76. The normalized spacial score (nSPS) is 25.0. The van der Waals surface area contributed by atoms with Crippen LogP contribution in [0.1, 0.15) is 43.0 Å². The number of nitro benzene ring substituents is 1. The third kappa shape index (κ3) is 4.62.